The van der Waals surface area contributed by atoms with Crippen LogP contribution in [-0.4, -0.2) is 22.2 Å². The second kappa shape index (κ2) is 6.12. The van der Waals surface area contributed by atoms with Crippen LogP contribution in [0.2, 0.25) is 0 Å². The molecule has 0 amide bonds. The van der Waals surface area contributed by atoms with E-state index in [0.29, 0.717) is 17.9 Å². The summed E-state index contributed by atoms with van der Waals surface area (Å²) >= 11 is 0. The number of nitrogens with zero attached hydrogens (tertiary/aromatic N) is 1. The van der Waals surface area contributed by atoms with Crippen molar-refractivity contribution in [1.29, 1.82) is 0 Å². The molecule has 3 rings (SSSR count). The molecule has 0 bridgehead atoms. The highest BCUT2D eigenvalue weighted by Crippen LogP contribution is 2.30. The van der Waals surface area contributed by atoms with E-state index < -0.39 is 5.97 Å². The van der Waals surface area contributed by atoms with Crippen LogP contribution in [0, 0.1) is 5.82 Å². The standard InChI is InChI=1S/C18H16FNO3/c1-2-23-17-8-4-7-15-14(17)10-16(18(21)22)20(15)11-12-5-3-6-13(19)9-12/h3-10H,2,11H2,1H3,(H,21,22). The first-order chi connectivity index (χ1) is 11.1. The number of carbonyl (C=O) groups is 1. The van der Waals surface area contributed by atoms with Crippen LogP contribution in [0.3, 0.4) is 0 Å². The molecule has 1 N–H and O–H groups in total. The summed E-state index contributed by atoms with van der Waals surface area (Å²) in [5.41, 5.74) is 1.60. The van der Waals surface area contributed by atoms with Crippen molar-refractivity contribution in [3.63, 3.8) is 0 Å². The number of hydrogen-bond donors (Lipinski definition) is 1. The predicted octanol–water partition coefficient (Wildman–Crippen LogP) is 3.93. The molecular formula is C18H16FNO3. The van der Waals surface area contributed by atoms with E-state index in [0.717, 1.165) is 10.9 Å². The van der Waals surface area contributed by atoms with Crippen LogP contribution in [0.4, 0.5) is 4.39 Å². The predicted molar refractivity (Wildman–Crippen MR) is 85.6 cm³/mol. The molecule has 0 atom stereocenters. The lowest BCUT2D eigenvalue weighted by atomic mass is 10.2. The van der Waals surface area contributed by atoms with Gasteiger partial charge in [0.25, 0.3) is 0 Å². The van der Waals surface area contributed by atoms with Crippen LogP contribution >= 0.6 is 0 Å². The van der Waals surface area contributed by atoms with Crippen LogP contribution in [0.25, 0.3) is 10.9 Å². The minimum atomic E-state index is -1.03. The number of halogens is 1. The first kappa shape index (κ1) is 15.1. The molecular weight excluding hydrogens is 297 g/mol. The molecule has 0 saturated heterocycles. The van der Waals surface area contributed by atoms with Crippen molar-refractivity contribution in [1.82, 2.24) is 4.57 Å². The van der Waals surface area contributed by atoms with Crippen molar-refractivity contribution < 1.29 is 19.0 Å². The number of fused-ring (bicyclic) bond motifs is 1. The third kappa shape index (κ3) is 2.90. The van der Waals surface area contributed by atoms with Crippen LogP contribution in [-0.2, 0) is 6.54 Å². The van der Waals surface area contributed by atoms with Gasteiger partial charge in [-0.25, -0.2) is 9.18 Å². The van der Waals surface area contributed by atoms with E-state index in [1.54, 1.807) is 22.8 Å². The zero-order valence-electron chi connectivity index (χ0n) is 12.6. The summed E-state index contributed by atoms with van der Waals surface area (Å²) in [7, 11) is 0. The number of ether oxygens (including phenoxy) is 1. The highest BCUT2D eigenvalue weighted by atomic mass is 19.1. The number of aromatic carboxylic acids is 1. The van der Waals surface area contributed by atoms with E-state index in [4.69, 9.17) is 4.74 Å². The topological polar surface area (TPSA) is 51.5 Å². The van der Waals surface area contributed by atoms with E-state index >= 15 is 0 Å². The van der Waals surface area contributed by atoms with Gasteiger partial charge in [-0.2, -0.15) is 0 Å². The van der Waals surface area contributed by atoms with Crippen LogP contribution in [0.5, 0.6) is 5.75 Å². The second-order valence-electron chi connectivity index (χ2n) is 5.17. The van der Waals surface area contributed by atoms with Gasteiger partial charge in [0.1, 0.15) is 17.3 Å². The maximum absolute atomic E-state index is 13.4. The highest BCUT2D eigenvalue weighted by molar-refractivity contribution is 5.97. The Bertz CT molecular complexity index is 870. The van der Waals surface area contributed by atoms with Gasteiger partial charge in [-0.15, -0.1) is 0 Å². The maximum Gasteiger partial charge on any atom is 0.352 e. The van der Waals surface area contributed by atoms with Gasteiger partial charge in [-0.1, -0.05) is 18.2 Å². The lowest BCUT2D eigenvalue weighted by molar-refractivity contribution is 0.0686. The normalized spacial score (nSPS) is 10.9. The summed E-state index contributed by atoms with van der Waals surface area (Å²) in [6.07, 6.45) is 0. The molecule has 0 saturated carbocycles. The summed E-state index contributed by atoms with van der Waals surface area (Å²) in [6.45, 7) is 2.65. The largest absolute Gasteiger partial charge is 0.493 e. The Morgan fingerprint density at radius 2 is 2.00 bits per heavy atom. The Hall–Kier alpha value is -2.82. The fourth-order valence-corrected chi connectivity index (χ4v) is 2.70. The van der Waals surface area contributed by atoms with Gasteiger partial charge in [-0.3, -0.25) is 0 Å². The minimum absolute atomic E-state index is 0.149. The van der Waals surface area contributed by atoms with E-state index in [9.17, 15) is 14.3 Å². The Balaban J connectivity index is 2.15. The number of carboxylic acids is 1. The number of carboxylic acid groups (broad SMARTS) is 1. The Morgan fingerprint density at radius 3 is 2.70 bits per heavy atom. The summed E-state index contributed by atoms with van der Waals surface area (Å²) in [5, 5.41) is 10.2. The molecule has 0 aliphatic heterocycles. The molecule has 0 radical (unpaired) electrons. The highest BCUT2D eigenvalue weighted by Gasteiger charge is 2.17. The van der Waals surface area contributed by atoms with Gasteiger partial charge < -0.3 is 14.4 Å². The van der Waals surface area contributed by atoms with Crippen molar-refractivity contribution in [3.8, 4) is 5.75 Å². The monoisotopic (exact) mass is 313 g/mol. The van der Waals surface area contributed by atoms with Gasteiger partial charge in [-0.05, 0) is 42.8 Å². The SMILES string of the molecule is CCOc1cccc2c1cc(C(=O)O)n2Cc1cccc(F)c1. The first-order valence-corrected chi connectivity index (χ1v) is 7.33. The van der Waals surface area contributed by atoms with Gasteiger partial charge in [0, 0.05) is 11.9 Å². The summed E-state index contributed by atoms with van der Waals surface area (Å²) < 4.78 is 20.6. The molecule has 23 heavy (non-hydrogen) atoms. The lowest BCUT2D eigenvalue weighted by Gasteiger charge is -2.10. The molecule has 0 aliphatic carbocycles. The molecule has 5 heteroatoms. The van der Waals surface area contributed by atoms with E-state index in [2.05, 4.69) is 0 Å². The van der Waals surface area contributed by atoms with Gasteiger partial charge in [0.2, 0.25) is 0 Å². The van der Waals surface area contributed by atoms with Crippen LogP contribution in [0.1, 0.15) is 23.0 Å². The molecule has 0 unspecified atom stereocenters. The van der Waals surface area contributed by atoms with Crippen LogP contribution < -0.4 is 4.74 Å². The van der Waals surface area contributed by atoms with E-state index in [1.807, 2.05) is 25.1 Å². The maximum atomic E-state index is 13.4. The average molecular weight is 313 g/mol. The van der Waals surface area contributed by atoms with Crippen molar-refractivity contribution in [3.05, 3.63) is 65.6 Å². The van der Waals surface area contributed by atoms with Crippen molar-refractivity contribution in [2.45, 2.75) is 13.5 Å². The van der Waals surface area contributed by atoms with Crippen LogP contribution in [0.15, 0.2) is 48.5 Å². The van der Waals surface area contributed by atoms with Gasteiger partial charge in [0.05, 0.1) is 12.1 Å². The molecule has 2 aromatic carbocycles. The Labute approximate surface area is 132 Å². The zero-order valence-corrected chi connectivity index (χ0v) is 12.6. The van der Waals surface area contributed by atoms with Crippen molar-refractivity contribution in [2.24, 2.45) is 0 Å². The molecule has 0 fully saturated rings. The fourth-order valence-electron chi connectivity index (χ4n) is 2.70. The molecule has 1 heterocycles. The van der Waals surface area contributed by atoms with E-state index in [1.165, 1.54) is 12.1 Å². The number of benzene rings is 2. The number of rotatable bonds is 5. The zero-order chi connectivity index (χ0) is 16.4. The minimum Gasteiger partial charge on any atom is -0.493 e. The molecule has 0 aliphatic rings. The summed E-state index contributed by atoms with van der Waals surface area (Å²) in [4.78, 5) is 11.6. The molecule has 0 spiro atoms. The van der Waals surface area contributed by atoms with Gasteiger partial charge >= 0.3 is 5.97 Å². The summed E-state index contributed by atoms with van der Waals surface area (Å²) in [6, 6.07) is 13.2. The fraction of sp³-hybridized carbons (Fsp3) is 0.167. The first-order valence-electron chi connectivity index (χ1n) is 7.33. The summed E-state index contributed by atoms with van der Waals surface area (Å²) in [5.74, 6) is -0.726. The smallest absolute Gasteiger partial charge is 0.352 e. The molecule has 1 aromatic heterocycles. The average Bonchev–Trinajstić information content (AvgIpc) is 2.88. The van der Waals surface area contributed by atoms with Gasteiger partial charge in [0.15, 0.2) is 0 Å². The second-order valence-corrected chi connectivity index (χ2v) is 5.17. The van der Waals surface area contributed by atoms with Crippen molar-refractivity contribution >= 4 is 16.9 Å². The third-order valence-corrected chi connectivity index (χ3v) is 3.65. The van der Waals surface area contributed by atoms with E-state index in [-0.39, 0.29) is 18.1 Å². The molecule has 3 aromatic rings. The number of hydrogen-bond acceptors (Lipinski definition) is 2. The Morgan fingerprint density at radius 1 is 1.22 bits per heavy atom. The Kier molecular flexibility index (Phi) is 4.02. The molecule has 118 valence electrons. The number of aromatic nitrogens is 1. The lowest BCUT2D eigenvalue weighted by Crippen LogP contribution is -2.09. The van der Waals surface area contributed by atoms with Crippen molar-refractivity contribution in [2.75, 3.05) is 6.61 Å². The third-order valence-electron chi connectivity index (χ3n) is 3.65. The molecule has 4 nitrogen and oxygen atoms in total. The quantitative estimate of drug-likeness (QED) is 0.776.